The van der Waals surface area contributed by atoms with E-state index in [2.05, 4.69) is 50.9 Å². The minimum Gasteiger partial charge on any atom is -0.314 e. The van der Waals surface area contributed by atoms with Crippen LogP contribution in [0.2, 0.25) is 0 Å². The second-order valence-corrected chi connectivity index (χ2v) is 6.87. The maximum absolute atomic E-state index is 12.2. The lowest BCUT2D eigenvalue weighted by atomic mass is 9.74. The van der Waals surface area contributed by atoms with Crippen molar-refractivity contribution < 1.29 is 4.79 Å². The number of carbonyl (C=O) groups is 1. The highest BCUT2D eigenvalue weighted by molar-refractivity contribution is 5.96. The Labute approximate surface area is 153 Å². The first-order chi connectivity index (χ1) is 12.0. The summed E-state index contributed by atoms with van der Waals surface area (Å²) in [4.78, 5) is 12.2. The summed E-state index contributed by atoms with van der Waals surface area (Å²) in [6, 6.07) is 9.84. The van der Waals surface area contributed by atoms with Gasteiger partial charge in [0.1, 0.15) is 0 Å². The van der Waals surface area contributed by atoms with Crippen molar-refractivity contribution in [1.29, 1.82) is 0 Å². The predicted octanol–water partition coefficient (Wildman–Crippen LogP) is 5.73. The molecule has 0 saturated heterocycles. The Morgan fingerprint density at radius 1 is 1.32 bits per heavy atom. The molecule has 0 spiro atoms. The molecule has 0 aromatic heterocycles. The van der Waals surface area contributed by atoms with Gasteiger partial charge in [-0.05, 0) is 37.7 Å². The van der Waals surface area contributed by atoms with Gasteiger partial charge in [-0.15, -0.1) is 0 Å². The summed E-state index contributed by atoms with van der Waals surface area (Å²) in [6.45, 7) is 13.3. The van der Waals surface area contributed by atoms with Crippen molar-refractivity contribution in [1.82, 2.24) is 5.32 Å². The average Bonchev–Trinajstić information content (AvgIpc) is 2.62. The fourth-order valence-corrected chi connectivity index (χ4v) is 3.18. The summed E-state index contributed by atoms with van der Waals surface area (Å²) in [5.41, 5.74) is 2.19. The molecule has 0 amide bonds. The van der Waals surface area contributed by atoms with E-state index in [0.29, 0.717) is 19.0 Å². The van der Waals surface area contributed by atoms with E-state index < -0.39 is 0 Å². The van der Waals surface area contributed by atoms with Crippen molar-refractivity contribution in [3.63, 3.8) is 0 Å². The zero-order chi connectivity index (χ0) is 18.7. The molecule has 0 heterocycles. The molecule has 136 valence electrons. The van der Waals surface area contributed by atoms with Crippen molar-refractivity contribution in [3.8, 4) is 0 Å². The van der Waals surface area contributed by atoms with Gasteiger partial charge in [-0.2, -0.15) is 0 Å². The summed E-state index contributed by atoms with van der Waals surface area (Å²) >= 11 is 0. The number of ketones is 1. The first-order valence-corrected chi connectivity index (χ1v) is 9.24. The molecule has 1 aromatic carbocycles. The first kappa shape index (κ1) is 21.1. The lowest BCUT2D eigenvalue weighted by Gasteiger charge is -2.33. The van der Waals surface area contributed by atoms with Crippen LogP contribution in [0.5, 0.6) is 0 Å². The summed E-state index contributed by atoms with van der Waals surface area (Å²) in [5.74, 6) is 0.194. The number of rotatable bonds is 11. The van der Waals surface area contributed by atoms with Gasteiger partial charge in [-0.25, -0.2) is 0 Å². The molecule has 25 heavy (non-hydrogen) atoms. The Hall–Kier alpha value is -1.93. The van der Waals surface area contributed by atoms with Crippen LogP contribution in [0.15, 0.2) is 66.8 Å². The lowest BCUT2D eigenvalue weighted by molar-refractivity contribution is 0.0981. The summed E-state index contributed by atoms with van der Waals surface area (Å²) in [7, 11) is 0. The van der Waals surface area contributed by atoms with E-state index in [1.165, 1.54) is 5.57 Å². The van der Waals surface area contributed by atoms with Crippen molar-refractivity contribution in [2.45, 2.75) is 53.0 Å². The maximum Gasteiger partial charge on any atom is 0.164 e. The van der Waals surface area contributed by atoms with Crippen LogP contribution in [-0.4, -0.2) is 18.4 Å². The highest BCUT2D eigenvalue weighted by Gasteiger charge is 2.27. The quantitative estimate of drug-likeness (QED) is 0.412. The molecule has 0 aliphatic rings. The lowest BCUT2D eigenvalue weighted by Crippen LogP contribution is -2.34. The second kappa shape index (κ2) is 10.8. The zero-order valence-electron chi connectivity index (χ0n) is 16.2. The fourth-order valence-electron chi connectivity index (χ4n) is 3.18. The Morgan fingerprint density at radius 3 is 2.56 bits per heavy atom. The van der Waals surface area contributed by atoms with E-state index in [4.69, 9.17) is 0 Å². The Morgan fingerprint density at radius 2 is 2.00 bits per heavy atom. The average molecular weight is 340 g/mol. The number of benzene rings is 1. The normalized spacial score (nSPS) is 15.8. The van der Waals surface area contributed by atoms with Crippen LogP contribution in [-0.2, 0) is 0 Å². The number of hydrogen-bond acceptors (Lipinski definition) is 2. The molecule has 0 fully saturated rings. The van der Waals surface area contributed by atoms with Crippen molar-refractivity contribution in [3.05, 3.63) is 72.4 Å². The molecule has 2 unspecified atom stereocenters. The van der Waals surface area contributed by atoms with Gasteiger partial charge < -0.3 is 5.32 Å². The van der Waals surface area contributed by atoms with Gasteiger partial charge in [0, 0.05) is 24.6 Å². The van der Waals surface area contributed by atoms with Gasteiger partial charge in [0.05, 0.1) is 0 Å². The van der Waals surface area contributed by atoms with Crippen molar-refractivity contribution in [2.24, 2.45) is 5.41 Å². The van der Waals surface area contributed by atoms with Gasteiger partial charge in [0.25, 0.3) is 0 Å². The number of Topliss-reactive ketones (excluding diaryl/α,β-unsaturated/α-hetero) is 1. The molecule has 1 N–H and O–H groups in total. The van der Waals surface area contributed by atoms with Crippen molar-refractivity contribution >= 4 is 5.78 Å². The third kappa shape index (κ3) is 6.83. The molecular formula is C23H33NO. The third-order valence-electron chi connectivity index (χ3n) is 4.82. The van der Waals surface area contributed by atoms with Crippen LogP contribution >= 0.6 is 0 Å². The van der Waals surface area contributed by atoms with Crippen molar-refractivity contribution in [2.75, 3.05) is 6.54 Å². The molecular weight excluding hydrogens is 306 g/mol. The molecule has 2 heteroatoms. The molecule has 0 bridgehead atoms. The molecule has 0 aliphatic carbocycles. The van der Waals surface area contributed by atoms with Crippen LogP contribution in [0.1, 0.15) is 57.3 Å². The SMILES string of the molecule is C=C/C=C(\C=C/C)C(C)(CC)CC(C)NCCC(=O)c1ccccc1. The molecule has 1 rings (SSSR count). The van der Waals surface area contributed by atoms with Gasteiger partial charge in [0.15, 0.2) is 5.78 Å². The van der Waals surface area contributed by atoms with E-state index in [-0.39, 0.29) is 11.2 Å². The minimum absolute atomic E-state index is 0.0938. The standard InChI is InChI=1S/C23H33NO/c1-6-12-21(13-7-2)23(5,8-3)18-19(4)24-17-16-22(25)20-14-10-9-11-15-20/h6-7,9-15,19,24H,1,8,16-18H2,2-5H3/b13-7-,21-12+. The molecule has 2 nitrogen and oxygen atoms in total. The summed E-state index contributed by atoms with van der Waals surface area (Å²) in [6.07, 6.45) is 10.8. The first-order valence-electron chi connectivity index (χ1n) is 9.24. The van der Waals surface area contributed by atoms with E-state index in [1.54, 1.807) is 0 Å². The maximum atomic E-state index is 12.2. The van der Waals surface area contributed by atoms with Crippen LogP contribution in [0.3, 0.4) is 0 Å². The Balaban J connectivity index is 2.58. The van der Waals surface area contributed by atoms with Crippen LogP contribution in [0.25, 0.3) is 0 Å². The monoisotopic (exact) mass is 339 g/mol. The topological polar surface area (TPSA) is 29.1 Å². The van der Waals surface area contributed by atoms with Gasteiger partial charge in [-0.3, -0.25) is 4.79 Å². The third-order valence-corrected chi connectivity index (χ3v) is 4.82. The van der Waals surface area contributed by atoms with E-state index in [9.17, 15) is 4.79 Å². The van der Waals surface area contributed by atoms with Crippen LogP contribution in [0.4, 0.5) is 0 Å². The highest BCUT2D eigenvalue weighted by atomic mass is 16.1. The van der Waals surface area contributed by atoms with Gasteiger partial charge >= 0.3 is 0 Å². The molecule has 0 radical (unpaired) electrons. The van der Waals surface area contributed by atoms with Crippen LogP contribution < -0.4 is 5.32 Å². The molecule has 0 aliphatic heterocycles. The van der Waals surface area contributed by atoms with E-state index >= 15 is 0 Å². The van der Waals surface area contributed by atoms with Crippen LogP contribution in [0, 0.1) is 5.41 Å². The number of carbonyl (C=O) groups excluding carboxylic acids is 1. The number of allylic oxidation sites excluding steroid dienone is 5. The number of hydrogen-bond donors (Lipinski definition) is 1. The molecule has 2 atom stereocenters. The Kier molecular flexibility index (Phi) is 9.15. The summed E-state index contributed by atoms with van der Waals surface area (Å²) < 4.78 is 0. The van der Waals surface area contributed by atoms with E-state index in [1.807, 2.05) is 43.3 Å². The smallest absolute Gasteiger partial charge is 0.164 e. The zero-order valence-corrected chi connectivity index (χ0v) is 16.2. The largest absolute Gasteiger partial charge is 0.314 e. The number of nitrogens with one attached hydrogen (secondary N) is 1. The Bertz CT molecular complexity index is 600. The minimum atomic E-state index is 0.0938. The van der Waals surface area contributed by atoms with Gasteiger partial charge in [-0.1, -0.05) is 75.1 Å². The summed E-state index contributed by atoms with van der Waals surface area (Å²) in [5, 5.41) is 3.51. The predicted molar refractivity (Wildman–Crippen MR) is 109 cm³/mol. The van der Waals surface area contributed by atoms with E-state index in [0.717, 1.165) is 18.4 Å². The molecule has 0 saturated carbocycles. The highest BCUT2D eigenvalue weighted by Crippen LogP contribution is 2.36. The fraction of sp³-hybridized carbons (Fsp3) is 0.435. The van der Waals surface area contributed by atoms with Gasteiger partial charge in [0.2, 0.25) is 0 Å². The molecule has 1 aromatic rings. The second-order valence-electron chi connectivity index (χ2n) is 6.87.